The normalized spacial score (nSPS) is 10.8. The van der Waals surface area contributed by atoms with Crippen molar-refractivity contribution < 1.29 is 19.1 Å². The van der Waals surface area contributed by atoms with Crippen molar-refractivity contribution in [3.05, 3.63) is 87.4 Å². The minimum absolute atomic E-state index is 0.0787. The van der Waals surface area contributed by atoms with Crippen LogP contribution in [0.5, 0.6) is 11.5 Å². The maximum Gasteiger partial charge on any atom is 0.266 e. The molecule has 0 aliphatic heterocycles. The van der Waals surface area contributed by atoms with Crippen LogP contribution in [0.1, 0.15) is 11.1 Å². The third-order valence-corrected chi connectivity index (χ3v) is 5.56. The first-order valence-corrected chi connectivity index (χ1v) is 11.1. The summed E-state index contributed by atoms with van der Waals surface area (Å²) >= 11 is 11.8. The number of amides is 2. The van der Waals surface area contributed by atoms with Crippen molar-refractivity contribution in [2.45, 2.75) is 6.92 Å². The predicted molar refractivity (Wildman–Crippen MR) is 137 cm³/mol. The van der Waals surface area contributed by atoms with Crippen molar-refractivity contribution in [2.75, 3.05) is 24.4 Å². The maximum absolute atomic E-state index is 12.6. The average Bonchev–Trinajstić information content (AvgIpc) is 2.85. The van der Waals surface area contributed by atoms with E-state index in [0.717, 1.165) is 5.56 Å². The lowest BCUT2D eigenvalue weighted by Gasteiger charge is -2.12. The van der Waals surface area contributed by atoms with Crippen LogP contribution in [-0.4, -0.2) is 25.5 Å². The highest BCUT2D eigenvalue weighted by Crippen LogP contribution is 2.29. The molecule has 2 amide bonds. The van der Waals surface area contributed by atoms with Gasteiger partial charge in [-0.25, -0.2) is 0 Å². The summed E-state index contributed by atoms with van der Waals surface area (Å²) in [5, 5.41) is 15.6. The van der Waals surface area contributed by atoms with Gasteiger partial charge in [-0.3, -0.25) is 9.59 Å². The molecule has 3 aromatic rings. The molecule has 0 aromatic heterocycles. The molecule has 0 unspecified atom stereocenters. The Hall–Kier alpha value is -3.99. The number of carbonyl (C=O) groups excluding carboxylic acids is 2. The molecule has 3 aromatic carbocycles. The molecule has 0 radical (unpaired) electrons. The van der Waals surface area contributed by atoms with Gasteiger partial charge in [0.2, 0.25) is 0 Å². The molecule has 0 heterocycles. The molecule has 0 bridgehead atoms. The third-order valence-electron chi connectivity index (χ3n) is 4.82. The first-order chi connectivity index (χ1) is 16.8. The fraction of sp³-hybridized carbons (Fsp3) is 0.115. The fourth-order valence-electron chi connectivity index (χ4n) is 3.03. The Bertz CT molecular complexity index is 1330. The number of aryl methyl sites for hydroxylation is 1. The number of benzene rings is 3. The van der Waals surface area contributed by atoms with Crippen molar-refractivity contribution in [2.24, 2.45) is 0 Å². The smallest absolute Gasteiger partial charge is 0.266 e. The highest BCUT2D eigenvalue weighted by molar-refractivity contribution is 6.42. The Balaban J connectivity index is 1.68. The predicted octanol–water partition coefficient (Wildman–Crippen LogP) is 5.87. The third kappa shape index (κ3) is 7.00. The quantitative estimate of drug-likeness (QED) is 0.292. The minimum atomic E-state index is -0.528. The van der Waals surface area contributed by atoms with Gasteiger partial charge < -0.3 is 20.1 Å². The number of methoxy groups -OCH3 is 1. The lowest BCUT2D eigenvalue weighted by atomic mass is 10.1. The summed E-state index contributed by atoms with van der Waals surface area (Å²) < 4.78 is 10.9. The van der Waals surface area contributed by atoms with Crippen molar-refractivity contribution in [1.82, 2.24) is 0 Å². The highest BCUT2D eigenvalue weighted by Gasteiger charge is 2.13. The van der Waals surface area contributed by atoms with Crippen LogP contribution in [0, 0.1) is 18.3 Å². The summed E-state index contributed by atoms with van der Waals surface area (Å²) in [4.78, 5) is 24.8. The second-order valence-corrected chi connectivity index (χ2v) is 8.13. The molecule has 0 atom stereocenters. The molecule has 0 saturated heterocycles. The molecule has 178 valence electrons. The van der Waals surface area contributed by atoms with E-state index in [2.05, 4.69) is 10.6 Å². The summed E-state index contributed by atoms with van der Waals surface area (Å²) in [5.41, 5.74) is 2.45. The summed E-state index contributed by atoms with van der Waals surface area (Å²) in [5.74, 6) is -0.288. The van der Waals surface area contributed by atoms with Gasteiger partial charge >= 0.3 is 0 Å². The number of nitrogens with one attached hydrogen (secondary N) is 2. The number of anilines is 2. The molecule has 0 spiro atoms. The Morgan fingerprint density at radius 2 is 1.77 bits per heavy atom. The lowest BCUT2D eigenvalue weighted by Crippen LogP contribution is -2.20. The molecule has 9 heteroatoms. The average molecular weight is 510 g/mol. The number of hydrogen-bond donors (Lipinski definition) is 2. The molecule has 35 heavy (non-hydrogen) atoms. The second-order valence-electron chi connectivity index (χ2n) is 7.31. The number of rotatable bonds is 8. The number of hydrogen-bond acceptors (Lipinski definition) is 5. The van der Waals surface area contributed by atoms with Gasteiger partial charge in [0.1, 0.15) is 11.6 Å². The van der Waals surface area contributed by atoms with Crippen LogP contribution < -0.4 is 20.1 Å². The summed E-state index contributed by atoms with van der Waals surface area (Å²) in [6.45, 7) is 1.58. The number of nitriles is 1. The Kier molecular flexibility index (Phi) is 8.74. The lowest BCUT2D eigenvalue weighted by molar-refractivity contribution is -0.118. The van der Waals surface area contributed by atoms with E-state index in [1.807, 2.05) is 25.1 Å². The van der Waals surface area contributed by atoms with Crippen LogP contribution in [0.2, 0.25) is 10.0 Å². The number of ether oxygens (including phenoxy) is 2. The Morgan fingerprint density at radius 3 is 2.46 bits per heavy atom. The van der Waals surface area contributed by atoms with Crippen molar-refractivity contribution in [3.8, 4) is 17.6 Å². The van der Waals surface area contributed by atoms with Gasteiger partial charge in [0, 0.05) is 11.4 Å². The standard InChI is InChI=1S/C26H21Cl2N3O4/c1-16-5-3-4-6-22(16)31-26(33)18(14-29)11-17-7-10-23(24(12-17)34-2)35-15-25(32)30-19-8-9-20(27)21(28)13-19/h3-13H,15H2,1-2H3,(H,30,32)(H,31,33)/b18-11-. The number of halogens is 2. The van der Waals surface area contributed by atoms with E-state index in [-0.39, 0.29) is 12.2 Å². The van der Waals surface area contributed by atoms with Gasteiger partial charge in [-0.15, -0.1) is 0 Å². The first-order valence-electron chi connectivity index (χ1n) is 10.3. The molecule has 0 saturated carbocycles. The van der Waals surface area contributed by atoms with E-state index < -0.39 is 11.8 Å². The topological polar surface area (TPSA) is 100 Å². The summed E-state index contributed by atoms with van der Waals surface area (Å²) in [7, 11) is 1.45. The summed E-state index contributed by atoms with van der Waals surface area (Å²) in [6, 6.07) is 18.8. The van der Waals surface area contributed by atoms with Crippen molar-refractivity contribution in [3.63, 3.8) is 0 Å². The molecule has 0 fully saturated rings. The highest BCUT2D eigenvalue weighted by atomic mass is 35.5. The van der Waals surface area contributed by atoms with E-state index in [1.54, 1.807) is 42.5 Å². The van der Waals surface area contributed by atoms with Gasteiger partial charge in [-0.2, -0.15) is 5.26 Å². The largest absolute Gasteiger partial charge is 0.493 e. The van der Waals surface area contributed by atoms with Crippen molar-refractivity contribution >= 4 is 52.5 Å². The van der Waals surface area contributed by atoms with E-state index >= 15 is 0 Å². The molecule has 2 N–H and O–H groups in total. The van der Waals surface area contributed by atoms with E-state index in [4.69, 9.17) is 32.7 Å². The van der Waals surface area contributed by atoms with Crippen molar-refractivity contribution in [1.29, 1.82) is 5.26 Å². The Morgan fingerprint density at radius 1 is 1.00 bits per heavy atom. The van der Waals surface area contributed by atoms with Crippen LogP contribution in [-0.2, 0) is 9.59 Å². The molecule has 3 rings (SSSR count). The SMILES string of the molecule is COc1cc(/C=C(/C#N)C(=O)Nc2ccccc2C)ccc1OCC(=O)Nc1ccc(Cl)c(Cl)c1. The molecule has 0 aliphatic rings. The first kappa shape index (κ1) is 25.6. The fourth-order valence-corrected chi connectivity index (χ4v) is 3.32. The van der Waals surface area contributed by atoms with Crippen LogP contribution in [0.25, 0.3) is 6.08 Å². The number of carbonyl (C=O) groups is 2. The number of nitrogens with zero attached hydrogens (tertiary/aromatic N) is 1. The van der Waals surface area contributed by atoms with Gasteiger partial charge in [0.25, 0.3) is 11.8 Å². The van der Waals surface area contributed by atoms with Gasteiger partial charge in [-0.1, -0.05) is 47.5 Å². The Labute approximate surface area is 212 Å². The molecular weight excluding hydrogens is 489 g/mol. The van der Waals surface area contributed by atoms with Gasteiger partial charge in [-0.05, 0) is 60.5 Å². The van der Waals surface area contributed by atoms with Gasteiger partial charge in [0.05, 0.1) is 17.2 Å². The molecule has 0 aliphatic carbocycles. The summed E-state index contributed by atoms with van der Waals surface area (Å²) in [6.07, 6.45) is 1.44. The maximum atomic E-state index is 12.6. The molecular formula is C26H21Cl2N3O4. The van der Waals surface area contributed by atoms with Crippen LogP contribution >= 0.6 is 23.2 Å². The second kappa shape index (κ2) is 11.9. The van der Waals surface area contributed by atoms with E-state index in [0.29, 0.717) is 38.5 Å². The van der Waals surface area contributed by atoms with Crippen LogP contribution in [0.15, 0.2) is 66.2 Å². The van der Waals surface area contributed by atoms with Crippen LogP contribution in [0.3, 0.4) is 0 Å². The molecule has 7 nitrogen and oxygen atoms in total. The monoisotopic (exact) mass is 509 g/mol. The van der Waals surface area contributed by atoms with Crippen LogP contribution in [0.4, 0.5) is 11.4 Å². The zero-order valence-corrected chi connectivity index (χ0v) is 20.4. The van der Waals surface area contributed by atoms with E-state index in [9.17, 15) is 14.9 Å². The number of para-hydroxylation sites is 1. The zero-order valence-electron chi connectivity index (χ0n) is 18.9. The zero-order chi connectivity index (χ0) is 25.4. The van der Waals surface area contributed by atoms with E-state index in [1.165, 1.54) is 19.3 Å². The van der Waals surface area contributed by atoms with Gasteiger partial charge in [0.15, 0.2) is 18.1 Å². The minimum Gasteiger partial charge on any atom is -0.493 e.